The van der Waals surface area contributed by atoms with Gasteiger partial charge in [-0.25, -0.2) is 0 Å². The largest absolute Gasteiger partial charge is 0.379 e. The minimum atomic E-state index is 0.364. The summed E-state index contributed by atoms with van der Waals surface area (Å²) in [6, 6.07) is 1.32. The first kappa shape index (κ1) is 12.9. The second kappa shape index (κ2) is 6.46. The summed E-state index contributed by atoms with van der Waals surface area (Å²) in [7, 11) is 0. The third kappa shape index (κ3) is 4.49. The zero-order valence-electron chi connectivity index (χ0n) is 10.6. The van der Waals surface area contributed by atoms with Crippen LogP contribution in [0.25, 0.3) is 0 Å². The Morgan fingerprint density at radius 1 is 1.27 bits per heavy atom. The quantitative estimate of drug-likeness (QED) is 0.702. The van der Waals surface area contributed by atoms with Gasteiger partial charge in [0, 0.05) is 38.3 Å². The first-order valence-corrected chi connectivity index (χ1v) is 6.19. The molecule has 1 heterocycles. The van der Waals surface area contributed by atoms with Crippen molar-refractivity contribution in [2.24, 2.45) is 0 Å². The fourth-order valence-electron chi connectivity index (χ4n) is 2.18. The summed E-state index contributed by atoms with van der Waals surface area (Å²) >= 11 is 0. The minimum Gasteiger partial charge on any atom is -0.379 e. The molecule has 2 unspecified atom stereocenters. The maximum absolute atomic E-state index is 5.56. The molecular weight excluding hydrogens is 188 g/mol. The van der Waals surface area contributed by atoms with Gasteiger partial charge in [-0.1, -0.05) is 0 Å². The number of nitrogens with zero attached hydrogens (tertiary/aromatic N) is 1. The molecule has 0 saturated carbocycles. The molecule has 1 rings (SSSR count). The van der Waals surface area contributed by atoms with Gasteiger partial charge in [0.2, 0.25) is 0 Å². The lowest BCUT2D eigenvalue weighted by molar-refractivity contribution is 0.0557. The fourth-order valence-corrected chi connectivity index (χ4v) is 2.18. The molecule has 3 nitrogen and oxygen atoms in total. The summed E-state index contributed by atoms with van der Waals surface area (Å²) in [4.78, 5) is 2.58. The Kier molecular flexibility index (Phi) is 5.58. The van der Waals surface area contributed by atoms with Crippen molar-refractivity contribution in [3.8, 4) is 0 Å². The highest BCUT2D eigenvalue weighted by molar-refractivity contribution is 4.82. The molecule has 1 saturated heterocycles. The van der Waals surface area contributed by atoms with E-state index in [1.54, 1.807) is 0 Å². The van der Waals surface area contributed by atoms with Crippen molar-refractivity contribution in [3.05, 3.63) is 0 Å². The fraction of sp³-hybridized carbons (Fsp3) is 1.00. The van der Waals surface area contributed by atoms with Gasteiger partial charge < -0.3 is 10.1 Å². The van der Waals surface area contributed by atoms with Crippen LogP contribution in [-0.2, 0) is 4.74 Å². The standard InChI is InChI=1S/C12H26N2O/c1-10(2)15-7-5-6-14-11(3)8-13-9-12(14)4/h10-13H,5-9H2,1-4H3. The van der Waals surface area contributed by atoms with Crippen molar-refractivity contribution in [2.75, 3.05) is 26.2 Å². The van der Waals surface area contributed by atoms with E-state index in [1.807, 2.05) is 0 Å². The van der Waals surface area contributed by atoms with Crippen LogP contribution in [0, 0.1) is 0 Å². The van der Waals surface area contributed by atoms with Crippen LogP contribution in [0.1, 0.15) is 34.1 Å². The molecule has 0 aromatic rings. The van der Waals surface area contributed by atoms with Crippen LogP contribution in [-0.4, -0.2) is 49.3 Å². The van der Waals surface area contributed by atoms with Crippen LogP contribution in [0.15, 0.2) is 0 Å². The molecule has 0 aromatic carbocycles. The van der Waals surface area contributed by atoms with Gasteiger partial charge in [0.1, 0.15) is 0 Å². The summed E-state index contributed by atoms with van der Waals surface area (Å²) in [6.45, 7) is 13.1. The van der Waals surface area contributed by atoms with Gasteiger partial charge in [-0.3, -0.25) is 4.90 Å². The number of hydrogen-bond acceptors (Lipinski definition) is 3. The summed E-state index contributed by atoms with van der Waals surface area (Å²) in [5.41, 5.74) is 0. The zero-order valence-corrected chi connectivity index (χ0v) is 10.6. The Hall–Kier alpha value is -0.120. The number of piperazine rings is 1. The summed E-state index contributed by atoms with van der Waals surface area (Å²) in [5.74, 6) is 0. The molecule has 1 aliphatic rings. The first-order valence-electron chi connectivity index (χ1n) is 6.19. The van der Waals surface area contributed by atoms with E-state index < -0.39 is 0 Å². The van der Waals surface area contributed by atoms with Crippen LogP contribution < -0.4 is 5.32 Å². The highest BCUT2D eigenvalue weighted by Gasteiger charge is 2.23. The number of nitrogens with one attached hydrogen (secondary N) is 1. The number of hydrogen-bond donors (Lipinski definition) is 1. The van der Waals surface area contributed by atoms with E-state index in [9.17, 15) is 0 Å². The van der Waals surface area contributed by atoms with Crippen LogP contribution >= 0.6 is 0 Å². The highest BCUT2D eigenvalue weighted by atomic mass is 16.5. The summed E-state index contributed by atoms with van der Waals surface area (Å²) in [6.07, 6.45) is 1.51. The van der Waals surface area contributed by atoms with Gasteiger partial charge in [0.15, 0.2) is 0 Å². The molecule has 1 aliphatic heterocycles. The predicted molar refractivity (Wildman–Crippen MR) is 64.2 cm³/mol. The Labute approximate surface area is 94.2 Å². The lowest BCUT2D eigenvalue weighted by Gasteiger charge is -2.39. The smallest absolute Gasteiger partial charge is 0.0518 e. The predicted octanol–water partition coefficient (Wildman–Crippen LogP) is 1.48. The van der Waals surface area contributed by atoms with E-state index in [4.69, 9.17) is 4.74 Å². The van der Waals surface area contributed by atoms with Crippen molar-refractivity contribution >= 4 is 0 Å². The lowest BCUT2D eigenvalue weighted by atomic mass is 10.1. The number of ether oxygens (including phenoxy) is 1. The second-order valence-corrected chi connectivity index (χ2v) is 4.87. The Morgan fingerprint density at radius 3 is 2.40 bits per heavy atom. The molecule has 0 amide bonds. The molecule has 1 fully saturated rings. The Bertz CT molecular complexity index is 163. The SMILES string of the molecule is CC(C)OCCCN1C(C)CNCC1C. The van der Waals surface area contributed by atoms with Crippen LogP contribution in [0.4, 0.5) is 0 Å². The minimum absolute atomic E-state index is 0.364. The zero-order chi connectivity index (χ0) is 11.3. The third-order valence-corrected chi connectivity index (χ3v) is 3.02. The molecule has 3 heteroatoms. The molecule has 0 radical (unpaired) electrons. The number of rotatable bonds is 5. The average Bonchev–Trinajstić information content (AvgIpc) is 2.15. The first-order chi connectivity index (χ1) is 7.11. The molecule has 15 heavy (non-hydrogen) atoms. The van der Waals surface area contributed by atoms with Crippen molar-refractivity contribution in [3.63, 3.8) is 0 Å². The monoisotopic (exact) mass is 214 g/mol. The lowest BCUT2D eigenvalue weighted by Crippen LogP contribution is -2.55. The van der Waals surface area contributed by atoms with Gasteiger partial charge >= 0.3 is 0 Å². The second-order valence-electron chi connectivity index (χ2n) is 4.87. The maximum atomic E-state index is 5.56. The van der Waals surface area contributed by atoms with Gasteiger partial charge in [0.25, 0.3) is 0 Å². The van der Waals surface area contributed by atoms with Crippen molar-refractivity contribution in [2.45, 2.75) is 52.3 Å². The van der Waals surface area contributed by atoms with E-state index in [2.05, 4.69) is 37.9 Å². The van der Waals surface area contributed by atoms with Crippen LogP contribution in [0.2, 0.25) is 0 Å². The normalized spacial score (nSPS) is 28.6. The van der Waals surface area contributed by atoms with Gasteiger partial charge in [0.05, 0.1) is 6.10 Å². The molecular formula is C12H26N2O. The van der Waals surface area contributed by atoms with E-state index in [0.717, 1.165) is 32.7 Å². The molecule has 90 valence electrons. The van der Waals surface area contributed by atoms with Crippen LogP contribution in [0.3, 0.4) is 0 Å². The Balaban J connectivity index is 2.17. The Morgan fingerprint density at radius 2 is 1.87 bits per heavy atom. The molecule has 2 atom stereocenters. The molecule has 0 bridgehead atoms. The van der Waals surface area contributed by atoms with E-state index >= 15 is 0 Å². The van der Waals surface area contributed by atoms with Crippen molar-refractivity contribution in [1.82, 2.24) is 10.2 Å². The van der Waals surface area contributed by atoms with E-state index in [0.29, 0.717) is 18.2 Å². The maximum Gasteiger partial charge on any atom is 0.0518 e. The van der Waals surface area contributed by atoms with Crippen molar-refractivity contribution < 1.29 is 4.74 Å². The van der Waals surface area contributed by atoms with E-state index in [1.165, 1.54) is 0 Å². The third-order valence-electron chi connectivity index (χ3n) is 3.02. The van der Waals surface area contributed by atoms with Gasteiger partial charge in [-0.2, -0.15) is 0 Å². The van der Waals surface area contributed by atoms with Crippen molar-refractivity contribution in [1.29, 1.82) is 0 Å². The highest BCUT2D eigenvalue weighted by Crippen LogP contribution is 2.10. The average molecular weight is 214 g/mol. The summed E-state index contributed by atoms with van der Waals surface area (Å²) in [5, 5.41) is 3.45. The van der Waals surface area contributed by atoms with E-state index in [-0.39, 0.29) is 0 Å². The topological polar surface area (TPSA) is 24.5 Å². The molecule has 0 spiro atoms. The molecule has 0 aliphatic carbocycles. The van der Waals surface area contributed by atoms with Crippen LogP contribution in [0.5, 0.6) is 0 Å². The summed E-state index contributed by atoms with van der Waals surface area (Å²) < 4.78 is 5.56. The van der Waals surface area contributed by atoms with Gasteiger partial charge in [-0.15, -0.1) is 0 Å². The van der Waals surface area contributed by atoms with Gasteiger partial charge in [-0.05, 0) is 34.1 Å². The molecule has 1 N–H and O–H groups in total. The molecule has 0 aromatic heterocycles.